The summed E-state index contributed by atoms with van der Waals surface area (Å²) in [5, 5.41) is 2.89. The minimum absolute atomic E-state index is 0.0345. The largest absolute Gasteiger partial charge is 0.379 e. The molecule has 2 N–H and O–H groups in total. The predicted molar refractivity (Wildman–Crippen MR) is 78.4 cm³/mol. The molecule has 1 aromatic heterocycles. The highest BCUT2D eigenvalue weighted by atomic mass is 16.5. The molecule has 1 saturated heterocycles. The fraction of sp³-hybridized carbons (Fsp3) is 0.643. The van der Waals surface area contributed by atoms with Gasteiger partial charge in [0.2, 0.25) is 5.91 Å². The molecule has 22 heavy (non-hydrogen) atoms. The lowest BCUT2D eigenvalue weighted by atomic mass is 10.1. The quantitative estimate of drug-likeness (QED) is 0.779. The van der Waals surface area contributed by atoms with Crippen LogP contribution in [0.1, 0.15) is 22.7 Å². The van der Waals surface area contributed by atoms with Crippen molar-refractivity contribution in [3.63, 3.8) is 0 Å². The number of nitrogens with one attached hydrogen (secondary N) is 2. The van der Waals surface area contributed by atoms with Crippen LogP contribution in [0.3, 0.4) is 0 Å². The maximum Gasteiger partial charge on any atom is 0.287 e. The fourth-order valence-electron chi connectivity index (χ4n) is 2.11. The van der Waals surface area contributed by atoms with Crippen LogP contribution in [0.5, 0.6) is 0 Å². The third-order valence-corrected chi connectivity index (χ3v) is 3.46. The zero-order valence-corrected chi connectivity index (χ0v) is 13.1. The zero-order valence-electron chi connectivity index (χ0n) is 13.1. The van der Waals surface area contributed by atoms with Crippen molar-refractivity contribution in [3.8, 4) is 0 Å². The normalized spacial score (nSPS) is 21.4. The Hall–Kier alpha value is -1.93. The van der Waals surface area contributed by atoms with Crippen LogP contribution in [0.15, 0.2) is 6.20 Å². The molecule has 1 fully saturated rings. The molecule has 122 valence electrons. The Bertz CT molecular complexity index is 529. The van der Waals surface area contributed by atoms with Crippen molar-refractivity contribution in [1.29, 1.82) is 0 Å². The van der Waals surface area contributed by atoms with Crippen LogP contribution in [0, 0.1) is 6.92 Å². The number of aryl methyl sites for hydroxylation is 1. The van der Waals surface area contributed by atoms with Gasteiger partial charge in [0.25, 0.3) is 5.91 Å². The summed E-state index contributed by atoms with van der Waals surface area (Å²) in [6, 6.07) is -0.207. The van der Waals surface area contributed by atoms with Crippen molar-refractivity contribution >= 4 is 11.8 Å². The Morgan fingerprint density at radius 1 is 1.55 bits per heavy atom. The van der Waals surface area contributed by atoms with Crippen molar-refractivity contribution in [2.45, 2.75) is 25.5 Å². The molecule has 0 aromatic carbocycles. The second kappa shape index (κ2) is 7.37. The van der Waals surface area contributed by atoms with E-state index in [1.807, 2.05) is 6.92 Å². The van der Waals surface area contributed by atoms with Gasteiger partial charge in [0.1, 0.15) is 12.7 Å². The number of rotatable bonds is 5. The number of carbonyl (C=O) groups is 2. The monoisotopic (exact) mass is 310 g/mol. The number of carbonyl (C=O) groups excluding carboxylic acids is 2. The first-order chi connectivity index (χ1) is 10.5. The summed E-state index contributed by atoms with van der Waals surface area (Å²) in [4.78, 5) is 32.1. The molecule has 2 rings (SSSR count). The molecule has 8 heteroatoms. The molecule has 1 aromatic rings. The van der Waals surface area contributed by atoms with Gasteiger partial charge in [-0.05, 0) is 13.3 Å². The van der Waals surface area contributed by atoms with Gasteiger partial charge < -0.3 is 24.7 Å². The molecule has 0 aliphatic carbocycles. The van der Waals surface area contributed by atoms with Crippen molar-refractivity contribution in [3.05, 3.63) is 17.7 Å². The number of hydrogen-bond donors (Lipinski definition) is 2. The molecule has 0 saturated carbocycles. The highest BCUT2D eigenvalue weighted by Gasteiger charge is 2.29. The molecule has 2 atom stereocenters. The van der Waals surface area contributed by atoms with E-state index in [0.29, 0.717) is 19.6 Å². The lowest BCUT2D eigenvalue weighted by Gasteiger charge is -2.31. The van der Waals surface area contributed by atoms with Crippen LogP contribution < -0.4 is 5.32 Å². The minimum atomic E-state index is -0.349. The van der Waals surface area contributed by atoms with Crippen LogP contribution in [-0.2, 0) is 14.3 Å². The first-order valence-corrected chi connectivity index (χ1v) is 7.19. The first kappa shape index (κ1) is 16.4. The number of imidazole rings is 1. The van der Waals surface area contributed by atoms with Gasteiger partial charge >= 0.3 is 0 Å². The summed E-state index contributed by atoms with van der Waals surface area (Å²) < 4.78 is 11.0. The molecule has 0 bridgehead atoms. The molecule has 0 unspecified atom stereocenters. The van der Waals surface area contributed by atoms with E-state index < -0.39 is 0 Å². The summed E-state index contributed by atoms with van der Waals surface area (Å²) in [6.45, 7) is 2.69. The summed E-state index contributed by atoms with van der Waals surface area (Å²) in [5.74, 6) is -0.142. The second-order valence-corrected chi connectivity index (χ2v) is 5.50. The van der Waals surface area contributed by atoms with Gasteiger partial charge in [0, 0.05) is 32.6 Å². The van der Waals surface area contributed by atoms with Crippen molar-refractivity contribution in [2.75, 3.05) is 33.9 Å². The van der Waals surface area contributed by atoms with Crippen LogP contribution in [0.25, 0.3) is 0 Å². The average Bonchev–Trinajstić information content (AvgIpc) is 2.92. The van der Waals surface area contributed by atoms with E-state index in [1.54, 1.807) is 20.3 Å². The van der Waals surface area contributed by atoms with Gasteiger partial charge in [-0.15, -0.1) is 0 Å². The molecule has 2 heterocycles. The SMILES string of the molecule is Cc1cnc(C(=O)N[C@@H]2CCOC[C@H]2OCC(=O)N(C)C)[nH]1. The fourth-order valence-corrected chi connectivity index (χ4v) is 2.11. The van der Waals surface area contributed by atoms with Crippen LogP contribution >= 0.6 is 0 Å². The molecular formula is C14H22N4O4. The van der Waals surface area contributed by atoms with Crippen LogP contribution in [0.2, 0.25) is 0 Å². The smallest absolute Gasteiger partial charge is 0.287 e. The minimum Gasteiger partial charge on any atom is -0.379 e. The second-order valence-electron chi connectivity index (χ2n) is 5.50. The van der Waals surface area contributed by atoms with Crippen LogP contribution in [0.4, 0.5) is 0 Å². The van der Waals surface area contributed by atoms with Gasteiger partial charge in [-0.1, -0.05) is 0 Å². The molecule has 2 amide bonds. The summed E-state index contributed by atoms with van der Waals surface area (Å²) in [6.07, 6.45) is 1.88. The molecule has 8 nitrogen and oxygen atoms in total. The Kier molecular flexibility index (Phi) is 5.51. The van der Waals surface area contributed by atoms with Gasteiger partial charge in [-0.25, -0.2) is 4.98 Å². The molecular weight excluding hydrogens is 288 g/mol. The summed E-state index contributed by atoms with van der Waals surface area (Å²) in [7, 11) is 3.34. The maximum atomic E-state index is 12.1. The number of H-pyrrole nitrogens is 1. The average molecular weight is 310 g/mol. The highest BCUT2D eigenvalue weighted by Crippen LogP contribution is 2.12. The van der Waals surface area contributed by atoms with Crippen molar-refractivity contribution in [2.24, 2.45) is 0 Å². The first-order valence-electron chi connectivity index (χ1n) is 7.19. The van der Waals surface area contributed by atoms with Gasteiger partial charge in [-0.2, -0.15) is 0 Å². The van der Waals surface area contributed by atoms with E-state index in [9.17, 15) is 9.59 Å². The van der Waals surface area contributed by atoms with Crippen molar-refractivity contribution < 1.29 is 19.1 Å². The topological polar surface area (TPSA) is 96.6 Å². The molecule has 0 radical (unpaired) electrons. The molecule has 1 aliphatic heterocycles. The van der Waals surface area contributed by atoms with Crippen LogP contribution in [-0.4, -0.2) is 72.7 Å². The highest BCUT2D eigenvalue weighted by molar-refractivity contribution is 5.90. The Balaban J connectivity index is 1.91. The lowest BCUT2D eigenvalue weighted by molar-refractivity contribution is -0.140. The lowest BCUT2D eigenvalue weighted by Crippen LogP contribution is -2.51. The number of amides is 2. The Labute approximate surface area is 129 Å². The van der Waals surface area contributed by atoms with Gasteiger partial charge in [-0.3, -0.25) is 9.59 Å². The maximum absolute atomic E-state index is 12.1. The number of hydrogen-bond acceptors (Lipinski definition) is 5. The van der Waals surface area contributed by atoms with Crippen molar-refractivity contribution in [1.82, 2.24) is 20.2 Å². The Morgan fingerprint density at radius 3 is 2.95 bits per heavy atom. The third kappa shape index (κ3) is 4.28. The zero-order chi connectivity index (χ0) is 16.1. The van der Waals surface area contributed by atoms with Gasteiger partial charge in [0.15, 0.2) is 5.82 Å². The number of ether oxygens (including phenoxy) is 2. The standard InChI is InChI=1S/C14H22N4O4/c1-9-6-15-13(16-9)14(20)17-10-4-5-21-7-11(10)22-8-12(19)18(2)3/h6,10-11H,4-5,7-8H2,1-3H3,(H,15,16)(H,17,20)/t10-,11-/m1/s1. The number of aromatic nitrogens is 2. The van der Waals surface area contributed by atoms with E-state index in [1.165, 1.54) is 4.90 Å². The number of nitrogens with zero attached hydrogens (tertiary/aromatic N) is 2. The number of aromatic amines is 1. The molecule has 1 aliphatic rings. The van der Waals surface area contributed by atoms with E-state index in [-0.39, 0.29) is 36.4 Å². The Morgan fingerprint density at radius 2 is 2.32 bits per heavy atom. The van der Waals surface area contributed by atoms with E-state index >= 15 is 0 Å². The number of likely N-dealkylation sites (N-methyl/N-ethyl adjacent to an activating group) is 1. The van der Waals surface area contributed by atoms with E-state index in [2.05, 4.69) is 15.3 Å². The van der Waals surface area contributed by atoms with E-state index in [0.717, 1.165) is 5.69 Å². The summed E-state index contributed by atoms with van der Waals surface area (Å²) in [5.41, 5.74) is 0.821. The predicted octanol–water partition coefficient (Wildman–Crippen LogP) is -0.290. The third-order valence-electron chi connectivity index (χ3n) is 3.46. The molecule has 0 spiro atoms. The van der Waals surface area contributed by atoms with E-state index in [4.69, 9.17) is 9.47 Å². The summed E-state index contributed by atoms with van der Waals surface area (Å²) >= 11 is 0. The van der Waals surface area contributed by atoms with Gasteiger partial charge in [0.05, 0.1) is 12.6 Å².